The molecule has 1 unspecified atom stereocenters. The van der Waals surface area contributed by atoms with Gasteiger partial charge in [-0.3, -0.25) is 9.78 Å². The second kappa shape index (κ2) is 7.62. The van der Waals surface area contributed by atoms with Crippen LogP contribution in [-0.4, -0.2) is 52.8 Å². The number of aromatic nitrogens is 1. The third-order valence-electron chi connectivity index (χ3n) is 5.61. The highest BCUT2D eigenvalue weighted by atomic mass is 16.5. The number of piperidine rings is 1. The number of hydrogen-bond donors (Lipinski definition) is 1. The van der Waals surface area contributed by atoms with E-state index in [-0.39, 0.29) is 12.0 Å². The van der Waals surface area contributed by atoms with Crippen molar-refractivity contribution in [2.24, 2.45) is 5.92 Å². The van der Waals surface area contributed by atoms with Gasteiger partial charge in [0.2, 0.25) is 0 Å². The Morgan fingerprint density at radius 2 is 1.96 bits per heavy atom. The first-order valence-electron chi connectivity index (χ1n) is 9.04. The monoisotopic (exact) mass is 332 g/mol. The summed E-state index contributed by atoms with van der Waals surface area (Å²) >= 11 is 0. The van der Waals surface area contributed by atoms with Gasteiger partial charge in [-0.2, -0.15) is 0 Å². The highest BCUT2D eigenvalue weighted by Gasteiger charge is 2.38. The Kier molecular flexibility index (Phi) is 5.51. The molecule has 3 rings (SSSR count). The number of nitrogens with zero attached hydrogens (tertiary/aromatic N) is 2. The molecular formula is C19H28N2O3. The summed E-state index contributed by atoms with van der Waals surface area (Å²) in [6.07, 6.45) is 9.61. The van der Waals surface area contributed by atoms with Crippen LogP contribution in [-0.2, 0) is 16.0 Å². The molecule has 0 bridgehead atoms. The number of rotatable bonds is 5. The van der Waals surface area contributed by atoms with Gasteiger partial charge in [0.15, 0.2) is 0 Å². The van der Waals surface area contributed by atoms with Crippen LogP contribution in [0, 0.1) is 5.92 Å². The zero-order chi connectivity index (χ0) is 17.0. The number of pyridine rings is 1. The van der Waals surface area contributed by atoms with Gasteiger partial charge in [0.25, 0.3) is 5.91 Å². The summed E-state index contributed by atoms with van der Waals surface area (Å²) in [6, 6.07) is 3.88. The number of amides is 1. The summed E-state index contributed by atoms with van der Waals surface area (Å²) < 4.78 is 5.54. The van der Waals surface area contributed by atoms with E-state index >= 15 is 0 Å². The zero-order valence-corrected chi connectivity index (χ0v) is 14.5. The average molecular weight is 332 g/mol. The Morgan fingerprint density at radius 1 is 1.33 bits per heavy atom. The number of methoxy groups -OCH3 is 1. The van der Waals surface area contributed by atoms with E-state index in [9.17, 15) is 9.90 Å². The molecule has 5 nitrogen and oxygen atoms in total. The maximum atomic E-state index is 12.8. The summed E-state index contributed by atoms with van der Waals surface area (Å²) in [5.41, 5.74) is 0.363. The summed E-state index contributed by atoms with van der Waals surface area (Å²) in [6.45, 7) is 1.21. The molecule has 1 amide bonds. The molecule has 5 heteroatoms. The van der Waals surface area contributed by atoms with Crippen molar-refractivity contribution in [3.8, 4) is 0 Å². The van der Waals surface area contributed by atoms with E-state index < -0.39 is 5.60 Å². The topological polar surface area (TPSA) is 62.7 Å². The molecule has 24 heavy (non-hydrogen) atoms. The Hall–Kier alpha value is -1.46. The van der Waals surface area contributed by atoms with E-state index in [4.69, 9.17) is 4.74 Å². The van der Waals surface area contributed by atoms with Crippen LogP contribution in [0.15, 0.2) is 24.5 Å². The molecule has 1 aromatic heterocycles. The number of hydrogen-bond acceptors (Lipinski definition) is 4. The van der Waals surface area contributed by atoms with Gasteiger partial charge in [-0.05, 0) is 49.3 Å². The highest BCUT2D eigenvalue weighted by molar-refractivity contribution is 5.81. The van der Waals surface area contributed by atoms with Gasteiger partial charge in [0.05, 0.1) is 5.60 Å². The number of carbonyl (C=O) groups is 1. The molecule has 1 saturated heterocycles. The smallest absolute Gasteiger partial charge is 0.251 e. The van der Waals surface area contributed by atoms with Crippen LogP contribution in [0.25, 0.3) is 0 Å². The lowest BCUT2D eigenvalue weighted by Crippen LogP contribution is -2.51. The molecule has 0 spiro atoms. The fourth-order valence-corrected chi connectivity index (χ4v) is 4.14. The number of likely N-dealkylation sites (tertiary alicyclic amines) is 1. The van der Waals surface area contributed by atoms with E-state index in [0.29, 0.717) is 38.3 Å². The Bertz CT molecular complexity index is 535. The standard InChI is InChI=1S/C19H28N2O3/c1-24-17(16-4-2-3-5-16)18(22)21-12-8-19(23,9-13-21)14-15-6-10-20-11-7-15/h6-7,10-11,16-17,23H,2-5,8-9,12-14H2,1H3. The summed E-state index contributed by atoms with van der Waals surface area (Å²) in [7, 11) is 1.64. The van der Waals surface area contributed by atoms with Crippen molar-refractivity contribution in [3.63, 3.8) is 0 Å². The first kappa shape index (κ1) is 17.4. The number of ether oxygens (including phenoxy) is 1. The van der Waals surface area contributed by atoms with Gasteiger partial charge in [-0.25, -0.2) is 0 Å². The van der Waals surface area contributed by atoms with Crippen LogP contribution in [0.3, 0.4) is 0 Å². The minimum absolute atomic E-state index is 0.107. The van der Waals surface area contributed by atoms with Gasteiger partial charge in [-0.15, -0.1) is 0 Å². The summed E-state index contributed by atoms with van der Waals surface area (Å²) in [4.78, 5) is 18.7. The zero-order valence-electron chi connectivity index (χ0n) is 14.5. The second-order valence-corrected chi connectivity index (χ2v) is 7.28. The predicted molar refractivity (Wildman–Crippen MR) is 91.5 cm³/mol. The molecule has 1 aliphatic carbocycles. The van der Waals surface area contributed by atoms with Gasteiger partial charge < -0.3 is 14.7 Å². The predicted octanol–water partition coefficient (Wildman–Crippen LogP) is 2.18. The highest BCUT2D eigenvalue weighted by Crippen LogP contribution is 2.32. The Balaban J connectivity index is 1.56. The van der Waals surface area contributed by atoms with Crippen molar-refractivity contribution < 1.29 is 14.6 Å². The van der Waals surface area contributed by atoms with Crippen LogP contribution in [0.1, 0.15) is 44.1 Å². The van der Waals surface area contributed by atoms with Gasteiger partial charge >= 0.3 is 0 Å². The molecule has 2 heterocycles. The van der Waals surface area contributed by atoms with E-state index in [0.717, 1.165) is 18.4 Å². The molecule has 0 aromatic carbocycles. The molecule has 132 valence electrons. The first-order chi connectivity index (χ1) is 11.6. The van der Waals surface area contributed by atoms with Crippen LogP contribution in [0.2, 0.25) is 0 Å². The van der Waals surface area contributed by atoms with Gasteiger partial charge in [-0.1, -0.05) is 12.8 Å². The fraction of sp³-hybridized carbons (Fsp3) is 0.684. The number of aliphatic hydroxyl groups is 1. The lowest BCUT2D eigenvalue weighted by atomic mass is 9.85. The normalized spacial score (nSPS) is 22.5. The van der Waals surface area contributed by atoms with E-state index in [1.807, 2.05) is 17.0 Å². The summed E-state index contributed by atoms with van der Waals surface area (Å²) in [5.74, 6) is 0.468. The molecule has 1 atom stereocenters. The van der Waals surface area contributed by atoms with E-state index in [1.54, 1.807) is 19.5 Å². The SMILES string of the molecule is COC(C(=O)N1CCC(O)(Cc2ccncc2)CC1)C1CCCC1. The number of carbonyl (C=O) groups excluding carboxylic acids is 1. The lowest BCUT2D eigenvalue weighted by molar-refractivity contribution is -0.149. The molecule has 1 aromatic rings. The van der Waals surface area contributed by atoms with E-state index in [2.05, 4.69) is 4.98 Å². The van der Waals surface area contributed by atoms with Gasteiger partial charge in [0.1, 0.15) is 6.10 Å². The first-order valence-corrected chi connectivity index (χ1v) is 9.04. The molecule has 2 aliphatic rings. The van der Waals surface area contributed by atoms with Crippen LogP contribution < -0.4 is 0 Å². The minimum Gasteiger partial charge on any atom is -0.389 e. The molecule has 0 radical (unpaired) electrons. The van der Waals surface area contributed by atoms with Crippen molar-refractivity contribution in [1.29, 1.82) is 0 Å². The molecule has 2 fully saturated rings. The maximum absolute atomic E-state index is 12.8. The van der Waals surface area contributed by atoms with Crippen LogP contribution in [0.5, 0.6) is 0 Å². The van der Waals surface area contributed by atoms with Gasteiger partial charge in [0, 0.05) is 39.0 Å². The quantitative estimate of drug-likeness (QED) is 0.898. The molecule has 1 saturated carbocycles. The van der Waals surface area contributed by atoms with E-state index in [1.165, 1.54) is 12.8 Å². The molecule has 1 aliphatic heterocycles. The Labute approximate surface area is 144 Å². The fourth-order valence-electron chi connectivity index (χ4n) is 4.14. The van der Waals surface area contributed by atoms with Crippen molar-refractivity contribution in [2.75, 3.05) is 20.2 Å². The lowest BCUT2D eigenvalue weighted by Gasteiger charge is -2.40. The third kappa shape index (κ3) is 3.95. The molecular weight excluding hydrogens is 304 g/mol. The average Bonchev–Trinajstić information content (AvgIpc) is 3.11. The third-order valence-corrected chi connectivity index (χ3v) is 5.61. The van der Waals surface area contributed by atoms with Crippen molar-refractivity contribution in [3.05, 3.63) is 30.1 Å². The van der Waals surface area contributed by atoms with Crippen LogP contribution in [0.4, 0.5) is 0 Å². The largest absolute Gasteiger partial charge is 0.389 e. The van der Waals surface area contributed by atoms with Crippen molar-refractivity contribution >= 4 is 5.91 Å². The maximum Gasteiger partial charge on any atom is 0.251 e. The van der Waals surface area contributed by atoms with Crippen molar-refractivity contribution in [1.82, 2.24) is 9.88 Å². The Morgan fingerprint density at radius 3 is 2.54 bits per heavy atom. The van der Waals surface area contributed by atoms with Crippen LogP contribution >= 0.6 is 0 Å². The minimum atomic E-state index is -0.728. The second-order valence-electron chi connectivity index (χ2n) is 7.28. The van der Waals surface area contributed by atoms with Crippen molar-refractivity contribution in [2.45, 2.75) is 56.7 Å². The molecule has 1 N–H and O–H groups in total. The summed E-state index contributed by atoms with van der Waals surface area (Å²) in [5, 5.41) is 10.8.